The van der Waals surface area contributed by atoms with Crippen molar-refractivity contribution in [1.82, 2.24) is 0 Å². The number of hydrogen-bond donors (Lipinski definition) is 1. The van der Waals surface area contributed by atoms with Crippen molar-refractivity contribution in [3.8, 4) is 0 Å². The molecule has 2 aromatic rings. The molecule has 1 heterocycles. The van der Waals surface area contributed by atoms with Crippen LogP contribution in [0.4, 0.5) is 20.2 Å². The Morgan fingerprint density at radius 1 is 1.25 bits per heavy atom. The van der Waals surface area contributed by atoms with E-state index in [9.17, 15) is 13.6 Å². The highest BCUT2D eigenvalue weighted by Crippen LogP contribution is 2.37. The lowest BCUT2D eigenvalue weighted by molar-refractivity contribution is -0.117. The van der Waals surface area contributed by atoms with Crippen LogP contribution >= 0.6 is 11.8 Å². The maximum absolute atomic E-state index is 13.2. The molecule has 3 nitrogen and oxygen atoms in total. The highest BCUT2D eigenvalue weighted by molar-refractivity contribution is 8.00. The molecule has 24 heavy (non-hydrogen) atoms. The predicted molar refractivity (Wildman–Crippen MR) is 93.6 cm³/mol. The van der Waals surface area contributed by atoms with Crippen molar-refractivity contribution in [3.05, 3.63) is 54.1 Å². The zero-order valence-electron chi connectivity index (χ0n) is 13.3. The lowest BCUT2D eigenvalue weighted by atomic mass is 10.2. The molecule has 1 atom stereocenters. The van der Waals surface area contributed by atoms with Crippen molar-refractivity contribution in [3.63, 3.8) is 0 Å². The highest BCUT2D eigenvalue weighted by Gasteiger charge is 2.23. The van der Waals surface area contributed by atoms with Crippen LogP contribution in [0.3, 0.4) is 0 Å². The number of fused-ring (bicyclic) bond motifs is 1. The maximum atomic E-state index is 13.2. The summed E-state index contributed by atoms with van der Waals surface area (Å²) in [6.07, 6.45) is 0.889. The van der Waals surface area contributed by atoms with Gasteiger partial charge in [0.05, 0.1) is 12.2 Å². The predicted octanol–water partition coefficient (Wildman–Crippen LogP) is 4.29. The smallest absolute Gasteiger partial charge is 0.246 e. The molecule has 2 aromatic carbocycles. The van der Waals surface area contributed by atoms with E-state index in [1.165, 1.54) is 12.1 Å². The molecule has 0 saturated carbocycles. The molecule has 0 aromatic heterocycles. The third kappa shape index (κ3) is 3.87. The zero-order valence-corrected chi connectivity index (χ0v) is 14.1. The second kappa shape index (κ2) is 7.21. The Labute approximate surface area is 144 Å². The van der Waals surface area contributed by atoms with E-state index in [1.807, 2.05) is 24.3 Å². The van der Waals surface area contributed by atoms with E-state index in [0.29, 0.717) is 11.8 Å². The van der Waals surface area contributed by atoms with E-state index in [1.54, 1.807) is 16.7 Å². The number of halogens is 2. The summed E-state index contributed by atoms with van der Waals surface area (Å²) in [5, 5.41) is 3.23. The summed E-state index contributed by atoms with van der Waals surface area (Å²) >= 11 is 1.76. The first-order valence-electron chi connectivity index (χ1n) is 7.79. The quantitative estimate of drug-likeness (QED) is 0.898. The van der Waals surface area contributed by atoms with Crippen LogP contribution in [-0.2, 0) is 4.79 Å². The van der Waals surface area contributed by atoms with Crippen LogP contribution in [0, 0.1) is 11.6 Å². The van der Waals surface area contributed by atoms with Gasteiger partial charge in [-0.05, 0) is 30.7 Å². The fourth-order valence-electron chi connectivity index (χ4n) is 2.67. The Hall–Kier alpha value is -2.08. The van der Waals surface area contributed by atoms with Crippen LogP contribution < -0.4 is 10.2 Å². The van der Waals surface area contributed by atoms with Gasteiger partial charge in [0.15, 0.2) is 0 Å². The summed E-state index contributed by atoms with van der Waals surface area (Å²) in [5.74, 6) is -1.47. The van der Waals surface area contributed by atoms with E-state index >= 15 is 0 Å². The molecular formula is C18H18F2N2OS. The van der Waals surface area contributed by atoms with Gasteiger partial charge in [0.2, 0.25) is 5.91 Å². The lowest BCUT2D eigenvalue weighted by Gasteiger charge is -2.23. The lowest BCUT2D eigenvalue weighted by Crippen LogP contribution is -2.36. The number of nitrogens with one attached hydrogen (secondary N) is 1. The zero-order chi connectivity index (χ0) is 17.1. The van der Waals surface area contributed by atoms with E-state index in [4.69, 9.17) is 0 Å². The molecule has 1 unspecified atom stereocenters. The van der Waals surface area contributed by atoms with Crippen LogP contribution in [0.2, 0.25) is 0 Å². The third-order valence-electron chi connectivity index (χ3n) is 3.85. The molecule has 0 fully saturated rings. The number of benzene rings is 2. The van der Waals surface area contributed by atoms with Gasteiger partial charge in [-0.1, -0.05) is 19.1 Å². The second-order valence-electron chi connectivity index (χ2n) is 5.74. The number of amides is 1. The topological polar surface area (TPSA) is 32.3 Å². The van der Waals surface area contributed by atoms with Crippen molar-refractivity contribution in [2.24, 2.45) is 0 Å². The van der Waals surface area contributed by atoms with Crippen LogP contribution in [0.25, 0.3) is 0 Å². The van der Waals surface area contributed by atoms with Crippen molar-refractivity contribution in [1.29, 1.82) is 0 Å². The largest absolute Gasteiger partial charge is 0.376 e. The maximum Gasteiger partial charge on any atom is 0.246 e. The van der Waals surface area contributed by atoms with Crippen LogP contribution in [-0.4, -0.2) is 24.2 Å². The first-order valence-corrected chi connectivity index (χ1v) is 8.67. The Balaban J connectivity index is 1.75. The Kier molecular flexibility index (Phi) is 5.04. The monoisotopic (exact) mass is 348 g/mol. The van der Waals surface area contributed by atoms with Gasteiger partial charge >= 0.3 is 0 Å². The Morgan fingerprint density at radius 3 is 2.71 bits per heavy atom. The fraction of sp³-hybridized carbons (Fsp3) is 0.278. The van der Waals surface area contributed by atoms with Crippen molar-refractivity contribution >= 4 is 29.0 Å². The van der Waals surface area contributed by atoms with Crippen molar-refractivity contribution < 1.29 is 13.6 Å². The van der Waals surface area contributed by atoms with Crippen LogP contribution in [0.1, 0.15) is 13.3 Å². The first kappa shape index (κ1) is 16.8. The summed E-state index contributed by atoms with van der Waals surface area (Å²) in [7, 11) is 0. The Bertz CT molecular complexity index is 733. The highest BCUT2D eigenvalue weighted by atomic mass is 32.2. The molecule has 1 aliphatic rings. The molecule has 126 valence electrons. The minimum atomic E-state index is -0.671. The van der Waals surface area contributed by atoms with Gasteiger partial charge < -0.3 is 10.2 Å². The molecule has 0 radical (unpaired) electrons. The molecule has 6 heteroatoms. The third-order valence-corrected chi connectivity index (χ3v) is 5.09. The van der Waals surface area contributed by atoms with E-state index in [-0.39, 0.29) is 18.1 Å². The van der Waals surface area contributed by atoms with Gasteiger partial charge in [-0.15, -0.1) is 11.8 Å². The number of carbonyl (C=O) groups excluding carboxylic acids is 1. The SMILES string of the molecule is CC1CCN(C(=O)CNc2cc(F)cc(F)c2)c2ccccc2S1. The minimum absolute atomic E-state index is 0.0176. The number of nitrogens with zero attached hydrogens (tertiary/aromatic N) is 1. The number of thioether (sulfide) groups is 1. The molecular weight excluding hydrogens is 330 g/mol. The minimum Gasteiger partial charge on any atom is -0.376 e. The number of rotatable bonds is 3. The number of hydrogen-bond acceptors (Lipinski definition) is 3. The second-order valence-corrected chi connectivity index (χ2v) is 7.22. The summed E-state index contributed by atoms with van der Waals surface area (Å²) < 4.78 is 26.4. The standard InChI is InChI=1S/C18H18F2N2OS/c1-12-6-7-22(16-4-2-3-5-17(16)24-12)18(23)11-21-15-9-13(19)8-14(20)10-15/h2-5,8-10,12,21H,6-7,11H2,1H3. The first-order chi connectivity index (χ1) is 11.5. The van der Waals surface area contributed by atoms with Gasteiger partial charge in [0.1, 0.15) is 11.6 Å². The fourth-order valence-corrected chi connectivity index (χ4v) is 3.79. The molecule has 1 amide bonds. The summed E-state index contributed by atoms with van der Waals surface area (Å²) in [4.78, 5) is 15.5. The van der Waals surface area contributed by atoms with Gasteiger partial charge in [-0.25, -0.2) is 8.78 Å². The average Bonchev–Trinajstić information content (AvgIpc) is 2.70. The summed E-state index contributed by atoms with van der Waals surface area (Å²) in [5.41, 5.74) is 1.15. The average molecular weight is 348 g/mol. The molecule has 0 saturated heterocycles. The molecule has 0 bridgehead atoms. The van der Waals surface area contributed by atoms with E-state index in [0.717, 1.165) is 23.1 Å². The number of carbonyl (C=O) groups is 1. The van der Waals surface area contributed by atoms with Crippen molar-refractivity contribution in [2.45, 2.75) is 23.5 Å². The Morgan fingerprint density at radius 2 is 1.96 bits per heavy atom. The van der Waals surface area contributed by atoms with Crippen molar-refractivity contribution in [2.75, 3.05) is 23.3 Å². The summed E-state index contributed by atoms with van der Waals surface area (Å²) in [6, 6.07) is 11.0. The molecule has 0 aliphatic carbocycles. The molecule has 1 N–H and O–H groups in total. The van der Waals surface area contributed by atoms with Gasteiger partial charge in [-0.3, -0.25) is 4.79 Å². The van der Waals surface area contributed by atoms with E-state index in [2.05, 4.69) is 12.2 Å². The number of para-hydroxylation sites is 1. The summed E-state index contributed by atoms with van der Waals surface area (Å²) in [6.45, 7) is 2.75. The normalized spacial score (nSPS) is 17.1. The van der Waals surface area contributed by atoms with Gasteiger partial charge in [0, 0.05) is 28.4 Å². The number of anilines is 2. The van der Waals surface area contributed by atoms with E-state index < -0.39 is 11.6 Å². The molecule has 1 aliphatic heterocycles. The molecule has 0 spiro atoms. The van der Waals surface area contributed by atoms with Crippen LogP contribution in [0.15, 0.2) is 47.4 Å². The van der Waals surface area contributed by atoms with Gasteiger partial charge in [-0.2, -0.15) is 0 Å². The van der Waals surface area contributed by atoms with Gasteiger partial charge in [0.25, 0.3) is 0 Å². The molecule has 3 rings (SSSR count). The van der Waals surface area contributed by atoms with Crippen LogP contribution in [0.5, 0.6) is 0 Å².